The Balaban J connectivity index is 2.05. The topological polar surface area (TPSA) is 55.1 Å². The molecule has 0 aromatic heterocycles. The molecule has 0 radical (unpaired) electrons. The molecular weight excluding hydrogens is 268 g/mol. The molecule has 0 atom stereocenters. The first-order chi connectivity index (χ1) is 7.66. The van der Waals surface area contributed by atoms with E-state index < -0.39 is 0 Å². The van der Waals surface area contributed by atoms with Crippen LogP contribution in [0.1, 0.15) is 18.4 Å². The van der Waals surface area contributed by atoms with Gasteiger partial charge in [0.15, 0.2) is 0 Å². The summed E-state index contributed by atoms with van der Waals surface area (Å²) in [5.74, 6) is -0.0822. The molecule has 1 aliphatic carbocycles. The van der Waals surface area contributed by atoms with Gasteiger partial charge in [0.1, 0.15) is 0 Å². The molecule has 1 aliphatic rings. The molecule has 0 spiro atoms. The van der Waals surface area contributed by atoms with Crippen molar-refractivity contribution in [1.82, 2.24) is 5.32 Å². The minimum absolute atomic E-state index is 0.0641. The summed E-state index contributed by atoms with van der Waals surface area (Å²) in [5, 5.41) is 2.87. The number of carbonyl (C=O) groups is 1. The number of hydrogen-bond donors (Lipinski definition) is 2. The van der Waals surface area contributed by atoms with Crippen LogP contribution in [0.15, 0.2) is 28.7 Å². The Bertz CT molecular complexity index is 402. The molecule has 0 unspecified atom stereocenters. The van der Waals surface area contributed by atoms with Gasteiger partial charge < -0.3 is 11.1 Å². The molecular formula is C12H15BrN2O. The van der Waals surface area contributed by atoms with Crippen LogP contribution in [0.5, 0.6) is 0 Å². The second kappa shape index (κ2) is 4.55. The lowest BCUT2D eigenvalue weighted by atomic mass is 9.96. The third-order valence-electron chi connectivity index (χ3n) is 3.10. The molecule has 2 rings (SSSR count). The van der Waals surface area contributed by atoms with E-state index in [2.05, 4.69) is 33.4 Å². The maximum absolute atomic E-state index is 11.1. The van der Waals surface area contributed by atoms with Crippen LogP contribution in [0, 0.1) is 0 Å². The van der Waals surface area contributed by atoms with E-state index in [1.807, 2.05) is 12.1 Å². The third-order valence-corrected chi connectivity index (χ3v) is 3.59. The van der Waals surface area contributed by atoms with Crippen LogP contribution in [0.25, 0.3) is 0 Å². The highest BCUT2D eigenvalue weighted by Crippen LogP contribution is 2.48. The summed E-state index contributed by atoms with van der Waals surface area (Å²) in [7, 11) is 0. The van der Waals surface area contributed by atoms with E-state index in [0.29, 0.717) is 6.54 Å². The number of hydrogen-bond acceptors (Lipinski definition) is 2. The molecule has 4 heteroatoms. The minimum atomic E-state index is -0.0822. The van der Waals surface area contributed by atoms with Crippen molar-refractivity contribution >= 4 is 21.8 Å². The van der Waals surface area contributed by atoms with Gasteiger partial charge in [0.05, 0.1) is 6.54 Å². The summed E-state index contributed by atoms with van der Waals surface area (Å²) >= 11 is 3.47. The van der Waals surface area contributed by atoms with E-state index in [1.165, 1.54) is 5.56 Å². The molecule has 0 saturated heterocycles. The van der Waals surface area contributed by atoms with E-state index in [1.54, 1.807) is 0 Å². The van der Waals surface area contributed by atoms with Crippen molar-refractivity contribution < 1.29 is 4.79 Å². The first-order valence-corrected chi connectivity index (χ1v) is 6.18. The second-order valence-electron chi connectivity index (χ2n) is 4.27. The zero-order chi connectivity index (χ0) is 11.6. The summed E-state index contributed by atoms with van der Waals surface area (Å²) in [5.41, 5.74) is 6.70. The minimum Gasteiger partial charge on any atom is -0.354 e. The number of carbonyl (C=O) groups excluding carboxylic acids is 1. The Morgan fingerprint density at radius 2 is 2.25 bits per heavy atom. The predicted molar refractivity (Wildman–Crippen MR) is 67.1 cm³/mol. The van der Waals surface area contributed by atoms with Gasteiger partial charge in [-0.3, -0.25) is 4.79 Å². The van der Waals surface area contributed by atoms with Gasteiger partial charge in [-0.1, -0.05) is 28.1 Å². The summed E-state index contributed by atoms with van der Waals surface area (Å²) in [6.45, 7) is 0.758. The van der Waals surface area contributed by atoms with Crippen molar-refractivity contribution in [3.63, 3.8) is 0 Å². The molecule has 3 N–H and O–H groups in total. The number of amides is 1. The Hall–Kier alpha value is -0.870. The summed E-state index contributed by atoms with van der Waals surface area (Å²) in [6, 6.07) is 8.29. The molecule has 16 heavy (non-hydrogen) atoms. The standard InChI is InChI=1S/C12H15BrN2O/c13-10-3-1-2-9(6-10)12(4-5-12)8-15-11(16)7-14/h1-3,6H,4-5,7-8,14H2,(H,15,16). The molecule has 1 fully saturated rings. The van der Waals surface area contributed by atoms with E-state index in [0.717, 1.165) is 17.3 Å². The average molecular weight is 283 g/mol. The molecule has 0 bridgehead atoms. The quantitative estimate of drug-likeness (QED) is 0.881. The molecule has 0 heterocycles. The van der Waals surface area contributed by atoms with Crippen LogP contribution in [-0.4, -0.2) is 19.0 Å². The molecule has 1 saturated carbocycles. The molecule has 1 amide bonds. The maximum atomic E-state index is 11.1. The predicted octanol–water partition coefficient (Wildman–Crippen LogP) is 1.56. The summed E-state index contributed by atoms with van der Waals surface area (Å²) in [6.07, 6.45) is 2.27. The average Bonchev–Trinajstić information content (AvgIpc) is 3.07. The highest BCUT2D eigenvalue weighted by molar-refractivity contribution is 9.10. The zero-order valence-corrected chi connectivity index (χ0v) is 10.6. The number of nitrogens with one attached hydrogen (secondary N) is 1. The Labute approximate surface area is 104 Å². The van der Waals surface area contributed by atoms with E-state index in [-0.39, 0.29) is 17.9 Å². The fourth-order valence-corrected chi connectivity index (χ4v) is 2.28. The summed E-state index contributed by atoms with van der Waals surface area (Å²) in [4.78, 5) is 11.1. The second-order valence-corrected chi connectivity index (χ2v) is 5.19. The van der Waals surface area contributed by atoms with Gasteiger partial charge in [-0.15, -0.1) is 0 Å². The first kappa shape index (κ1) is 11.6. The van der Waals surface area contributed by atoms with Crippen molar-refractivity contribution in [3.05, 3.63) is 34.3 Å². The van der Waals surface area contributed by atoms with Crippen LogP contribution >= 0.6 is 15.9 Å². The first-order valence-electron chi connectivity index (χ1n) is 5.39. The molecule has 3 nitrogen and oxygen atoms in total. The number of halogens is 1. The monoisotopic (exact) mass is 282 g/mol. The third kappa shape index (κ3) is 2.44. The lowest BCUT2D eigenvalue weighted by molar-refractivity contribution is -0.119. The lowest BCUT2D eigenvalue weighted by Crippen LogP contribution is -2.36. The van der Waals surface area contributed by atoms with Crippen molar-refractivity contribution in [2.75, 3.05) is 13.1 Å². The van der Waals surface area contributed by atoms with Gasteiger partial charge in [0, 0.05) is 16.4 Å². The van der Waals surface area contributed by atoms with Crippen LogP contribution < -0.4 is 11.1 Å². The number of benzene rings is 1. The molecule has 1 aromatic rings. The number of nitrogens with two attached hydrogens (primary N) is 1. The van der Waals surface area contributed by atoms with Gasteiger partial charge >= 0.3 is 0 Å². The van der Waals surface area contributed by atoms with Gasteiger partial charge in [-0.25, -0.2) is 0 Å². The van der Waals surface area contributed by atoms with Crippen LogP contribution in [0.4, 0.5) is 0 Å². The van der Waals surface area contributed by atoms with Crippen LogP contribution in [0.3, 0.4) is 0 Å². The smallest absolute Gasteiger partial charge is 0.233 e. The van der Waals surface area contributed by atoms with E-state index in [9.17, 15) is 4.79 Å². The molecule has 86 valence electrons. The van der Waals surface area contributed by atoms with Crippen LogP contribution in [-0.2, 0) is 10.2 Å². The normalized spacial score (nSPS) is 16.9. The molecule has 0 aliphatic heterocycles. The highest BCUT2D eigenvalue weighted by atomic mass is 79.9. The Kier molecular flexibility index (Phi) is 3.30. The largest absolute Gasteiger partial charge is 0.354 e. The number of rotatable bonds is 4. The Morgan fingerprint density at radius 1 is 1.50 bits per heavy atom. The molecule has 1 aromatic carbocycles. The Morgan fingerprint density at radius 3 is 2.81 bits per heavy atom. The van der Waals surface area contributed by atoms with Crippen molar-refractivity contribution in [2.24, 2.45) is 5.73 Å². The van der Waals surface area contributed by atoms with Crippen LogP contribution in [0.2, 0.25) is 0 Å². The lowest BCUT2D eigenvalue weighted by Gasteiger charge is -2.16. The van der Waals surface area contributed by atoms with E-state index in [4.69, 9.17) is 5.73 Å². The summed E-state index contributed by atoms with van der Waals surface area (Å²) < 4.78 is 1.08. The van der Waals surface area contributed by atoms with Crippen molar-refractivity contribution in [2.45, 2.75) is 18.3 Å². The van der Waals surface area contributed by atoms with Gasteiger partial charge in [-0.2, -0.15) is 0 Å². The highest BCUT2D eigenvalue weighted by Gasteiger charge is 2.44. The maximum Gasteiger partial charge on any atom is 0.233 e. The fraction of sp³-hybridized carbons (Fsp3) is 0.417. The SMILES string of the molecule is NCC(=O)NCC1(c2cccc(Br)c2)CC1. The van der Waals surface area contributed by atoms with Crippen molar-refractivity contribution in [3.8, 4) is 0 Å². The van der Waals surface area contributed by atoms with Gasteiger partial charge in [0.2, 0.25) is 5.91 Å². The van der Waals surface area contributed by atoms with Crippen molar-refractivity contribution in [1.29, 1.82) is 0 Å². The van der Waals surface area contributed by atoms with Gasteiger partial charge in [-0.05, 0) is 30.5 Å². The van der Waals surface area contributed by atoms with E-state index >= 15 is 0 Å². The fourth-order valence-electron chi connectivity index (χ4n) is 1.88. The zero-order valence-electron chi connectivity index (χ0n) is 9.00. The van der Waals surface area contributed by atoms with Gasteiger partial charge in [0.25, 0.3) is 0 Å².